The molecule has 1 saturated heterocycles. The number of nitrogens with zero attached hydrogens (tertiary/aromatic N) is 3. The normalized spacial score (nSPS) is 17.9. The van der Waals surface area contributed by atoms with E-state index in [1.165, 1.54) is 5.96 Å². The average Bonchev–Trinajstić information content (AvgIpc) is 2.44. The summed E-state index contributed by atoms with van der Waals surface area (Å²) in [7, 11) is 0. The molecule has 0 spiro atoms. The number of guanidine groups is 1. The van der Waals surface area contributed by atoms with Gasteiger partial charge in [0.15, 0.2) is 5.96 Å². The molecular formula is C11H23N3. The van der Waals surface area contributed by atoms with E-state index in [4.69, 9.17) is 4.99 Å². The highest BCUT2D eigenvalue weighted by molar-refractivity contribution is 5.82. The molecule has 0 aliphatic carbocycles. The van der Waals surface area contributed by atoms with Gasteiger partial charge in [-0.15, -0.1) is 0 Å². The number of likely N-dealkylation sites (N-methyl/N-ethyl adjacent to an activating group) is 2. The molecule has 1 heterocycles. The predicted molar refractivity (Wildman–Crippen MR) is 61.7 cm³/mol. The summed E-state index contributed by atoms with van der Waals surface area (Å²) in [5.74, 6) is 1.18. The van der Waals surface area contributed by atoms with Crippen LogP contribution in [0.15, 0.2) is 4.99 Å². The quantitative estimate of drug-likeness (QED) is 0.672. The Hall–Kier alpha value is -0.730. The molecular weight excluding hydrogens is 174 g/mol. The minimum atomic E-state index is 0.0283. The molecule has 0 N–H and O–H groups in total. The van der Waals surface area contributed by atoms with Crippen LogP contribution in [0.25, 0.3) is 0 Å². The summed E-state index contributed by atoms with van der Waals surface area (Å²) in [6, 6.07) is 0. The Morgan fingerprint density at radius 2 is 1.50 bits per heavy atom. The van der Waals surface area contributed by atoms with Crippen LogP contribution < -0.4 is 0 Å². The van der Waals surface area contributed by atoms with E-state index in [-0.39, 0.29) is 5.54 Å². The topological polar surface area (TPSA) is 18.8 Å². The minimum Gasteiger partial charge on any atom is -0.341 e. The van der Waals surface area contributed by atoms with Gasteiger partial charge in [0, 0.05) is 26.2 Å². The van der Waals surface area contributed by atoms with Crippen molar-refractivity contribution in [3.63, 3.8) is 0 Å². The fraction of sp³-hybridized carbons (Fsp3) is 0.909. The van der Waals surface area contributed by atoms with E-state index >= 15 is 0 Å². The molecule has 1 fully saturated rings. The van der Waals surface area contributed by atoms with E-state index in [9.17, 15) is 0 Å². The van der Waals surface area contributed by atoms with Crippen molar-refractivity contribution in [2.45, 2.75) is 40.2 Å². The van der Waals surface area contributed by atoms with Crippen molar-refractivity contribution < 1.29 is 0 Å². The van der Waals surface area contributed by atoms with Gasteiger partial charge in [-0.25, -0.2) is 4.99 Å². The molecule has 0 saturated carbocycles. The van der Waals surface area contributed by atoms with Gasteiger partial charge in [-0.05, 0) is 34.6 Å². The Balaban J connectivity index is 2.84. The standard InChI is InChI=1S/C11H23N3/c1-6-13-8-9-14(7-2)10(13)12-11(3,4)5/h6-9H2,1-5H3. The van der Waals surface area contributed by atoms with Crippen molar-refractivity contribution in [1.29, 1.82) is 0 Å². The van der Waals surface area contributed by atoms with Gasteiger partial charge in [0.25, 0.3) is 0 Å². The fourth-order valence-electron chi connectivity index (χ4n) is 1.68. The van der Waals surface area contributed by atoms with E-state index in [0.29, 0.717) is 0 Å². The first-order valence-corrected chi connectivity index (χ1v) is 5.57. The molecule has 0 atom stereocenters. The Morgan fingerprint density at radius 3 is 1.79 bits per heavy atom. The third-order valence-corrected chi connectivity index (χ3v) is 2.40. The monoisotopic (exact) mass is 197 g/mol. The second-order valence-corrected chi connectivity index (χ2v) is 4.74. The predicted octanol–water partition coefficient (Wildman–Crippen LogP) is 1.80. The van der Waals surface area contributed by atoms with Gasteiger partial charge in [0.2, 0.25) is 0 Å². The molecule has 3 heteroatoms. The molecule has 14 heavy (non-hydrogen) atoms. The van der Waals surface area contributed by atoms with E-state index in [1.54, 1.807) is 0 Å². The fourth-order valence-corrected chi connectivity index (χ4v) is 1.68. The minimum absolute atomic E-state index is 0.0283. The van der Waals surface area contributed by atoms with Crippen LogP contribution >= 0.6 is 0 Å². The van der Waals surface area contributed by atoms with E-state index < -0.39 is 0 Å². The molecule has 0 aromatic rings. The lowest BCUT2D eigenvalue weighted by atomic mass is 10.1. The maximum atomic E-state index is 4.78. The van der Waals surface area contributed by atoms with E-state index in [1.807, 2.05) is 0 Å². The molecule has 0 radical (unpaired) electrons. The summed E-state index contributed by atoms with van der Waals surface area (Å²) < 4.78 is 0. The Morgan fingerprint density at radius 1 is 1.07 bits per heavy atom. The first-order chi connectivity index (χ1) is 6.48. The Labute approximate surface area is 87.8 Å². The molecule has 1 aliphatic rings. The zero-order valence-corrected chi connectivity index (χ0v) is 10.2. The summed E-state index contributed by atoms with van der Waals surface area (Å²) >= 11 is 0. The van der Waals surface area contributed by atoms with Crippen LogP contribution in [0.4, 0.5) is 0 Å². The van der Waals surface area contributed by atoms with Gasteiger partial charge in [-0.2, -0.15) is 0 Å². The molecule has 1 aliphatic heterocycles. The number of hydrogen-bond donors (Lipinski definition) is 0. The Kier molecular flexibility index (Phi) is 3.40. The third-order valence-electron chi connectivity index (χ3n) is 2.40. The second-order valence-electron chi connectivity index (χ2n) is 4.74. The van der Waals surface area contributed by atoms with Crippen molar-refractivity contribution in [1.82, 2.24) is 9.80 Å². The van der Waals surface area contributed by atoms with Crippen molar-refractivity contribution >= 4 is 5.96 Å². The summed E-state index contributed by atoms with van der Waals surface area (Å²) in [6.45, 7) is 15.2. The Bertz CT molecular complexity index is 201. The third kappa shape index (κ3) is 2.63. The highest BCUT2D eigenvalue weighted by Gasteiger charge is 2.25. The van der Waals surface area contributed by atoms with Crippen LogP contribution in [0.5, 0.6) is 0 Å². The van der Waals surface area contributed by atoms with Crippen LogP contribution in [-0.2, 0) is 0 Å². The number of rotatable bonds is 2. The maximum absolute atomic E-state index is 4.78. The average molecular weight is 197 g/mol. The molecule has 0 unspecified atom stereocenters. The summed E-state index contributed by atoms with van der Waals surface area (Å²) in [5.41, 5.74) is 0.0283. The second kappa shape index (κ2) is 4.20. The summed E-state index contributed by atoms with van der Waals surface area (Å²) in [6.07, 6.45) is 0. The number of aliphatic imine (C=N–C) groups is 1. The SMILES string of the molecule is CCN1CCN(CC)C1=NC(C)(C)C. The van der Waals surface area contributed by atoms with Gasteiger partial charge in [0.05, 0.1) is 5.54 Å². The van der Waals surface area contributed by atoms with Gasteiger partial charge in [-0.3, -0.25) is 0 Å². The first-order valence-electron chi connectivity index (χ1n) is 5.57. The van der Waals surface area contributed by atoms with Crippen molar-refractivity contribution in [3.05, 3.63) is 0 Å². The van der Waals surface area contributed by atoms with Crippen LogP contribution in [0.2, 0.25) is 0 Å². The summed E-state index contributed by atoms with van der Waals surface area (Å²) in [4.78, 5) is 9.49. The lowest BCUT2D eigenvalue weighted by Gasteiger charge is -2.24. The van der Waals surface area contributed by atoms with Crippen LogP contribution in [0.1, 0.15) is 34.6 Å². The van der Waals surface area contributed by atoms with Crippen molar-refractivity contribution in [2.75, 3.05) is 26.2 Å². The first kappa shape index (κ1) is 11.3. The molecule has 0 bridgehead atoms. The zero-order valence-electron chi connectivity index (χ0n) is 10.2. The smallest absolute Gasteiger partial charge is 0.197 e. The molecule has 0 amide bonds. The van der Waals surface area contributed by atoms with E-state index in [2.05, 4.69) is 44.4 Å². The zero-order chi connectivity index (χ0) is 10.8. The highest BCUT2D eigenvalue weighted by atomic mass is 15.4. The van der Waals surface area contributed by atoms with E-state index in [0.717, 1.165) is 26.2 Å². The van der Waals surface area contributed by atoms with Gasteiger partial charge < -0.3 is 9.80 Å². The highest BCUT2D eigenvalue weighted by Crippen LogP contribution is 2.14. The van der Waals surface area contributed by atoms with Crippen LogP contribution in [0.3, 0.4) is 0 Å². The molecule has 0 aromatic heterocycles. The van der Waals surface area contributed by atoms with Crippen LogP contribution in [0, 0.1) is 0 Å². The number of hydrogen-bond acceptors (Lipinski definition) is 1. The van der Waals surface area contributed by atoms with Crippen LogP contribution in [-0.4, -0.2) is 47.5 Å². The molecule has 3 nitrogen and oxygen atoms in total. The molecule has 0 aromatic carbocycles. The molecule has 82 valence electrons. The van der Waals surface area contributed by atoms with Crippen molar-refractivity contribution in [3.8, 4) is 0 Å². The lowest BCUT2D eigenvalue weighted by molar-refractivity contribution is 0.462. The van der Waals surface area contributed by atoms with Gasteiger partial charge in [-0.1, -0.05) is 0 Å². The maximum Gasteiger partial charge on any atom is 0.197 e. The lowest BCUT2D eigenvalue weighted by Crippen LogP contribution is -2.35. The van der Waals surface area contributed by atoms with Gasteiger partial charge in [0.1, 0.15) is 0 Å². The summed E-state index contributed by atoms with van der Waals surface area (Å²) in [5, 5.41) is 0. The van der Waals surface area contributed by atoms with Gasteiger partial charge >= 0.3 is 0 Å². The molecule has 1 rings (SSSR count). The van der Waals surface area contributed by atoms with Crippen molar-refractivity contribution in [2.24, 2.45) is 4.99 Å². The largest absolute Gasteiger partial charge is 0.341 e.